The van der Waals surface area contributed by atoms with Gasteiger partial charge in [-0.1, -0.05) is 0 Å². The summed E-state index contributed by atoms with van der Waals surface area (Å²) < 4.78 is 9.59. The van der Waals surface area contributed by atoms with E-state index in [1.54, 1.807) is 20.1 Å². The number of hydrogen-bond donors (Lipinski definition) is 1. The molecule has 7 nitrogen and oxygen atoms in total. The Morgan fingerprint density at radius 1 is 1.33 bits per heavy atom. The fraction of sp³-hybridized carbons (Fsp3) is 0.500. The third-order valence-electron chi connectivity index (χ3n) is 3.00. The molecule has 1 aromatic rings. The number of hydrogen-bond acceptors (Lipinski definition) is 6. The summed E-state index contributed by atoms with van der Waals surface area (Å²) >= 11 is 0. The van der Waals surface area contributed by atoms with Crippen LogP contribution in [-0.4, -0.2) is 55.7 Å². The number of ether oxygens (including phenoxy) is 2. The number of rotatable bonds is 7. The van der Waals surface area contributed by atoms with Gasteiger partial charge in [-0.3, -0.25) is 14.6 Å². The average Bonchev–Trinajstić information content (AvgIpc) is 2.48. The number of methoxy groups -OCH3 is 2. The summed E-state index contributed by atoms with van der Waals surface area (Å²) in [7, 11) is 2.87. The van der Waals surface area contributed by atoms with Crippen LogP contribution < -0.4 is 5.73 Å². The Bertz CT molecular complexity index is 505. The maximum Gasteiger partial charge on any atom is 0.307 e. The van der Waals surface area contributed by atoms with E-state index in [1.165, 1.54) is 18.2 Å². The summed E-state index contributed by atoms with van der Waals surface area (Å²) in [6, 6.07) is 1.59. The van der Waals surface area contributed by atoms with E-state index in [0.717, 1.165) is 0 Å². The van der Waals surface area contributed by atoms with E-state index in [1.807, 2.05) is 0 Å². The van der Waals surface area contributed by atoms with Gasteiger partial charge < -0.3 is 20.1 Å². The van der Waals surface area contributed by atoms with E-state index >= 15 is 0 Å². The van der Waals surface area contributed by atoms with Gasteiger partial charge in [0.25, 0.3) is 5.91 Å². The maximum atomic E-state index is 12.5. The Hall–Kier alpha value is -2.15. The minimum atomic E-state index is -0.368. The van der Waals surface area contributed by atoms with Crippen LogP contribution in [0.2, 0.25) is 0 Å². The first-order valence-electron chi connectivity index (χ1n) is 6.56. The van der Waals surface area contributed by atoms with Crippen molar-refractivity contribution in [3.63, 3.8) is 0 Å². The van der Waals surface area contributed by atoms with Crippen molar-refractivity contribution in [2.45, 2.75) is 13.3 Å². The molecule has 0 aliphatic rings. The fourth-order valence-electron chi connectivity index (χ4n) is 1.78. The van der Waals surface area contributed by atoms with Crippen molar-refractivity contribution in [1.29, 1.82) is 0 Å². The van der Waals surface area contributed by atoms with Gasteiger partial charge in [0.1, 0.15) is 0 Å². The van der Waals surface area contributed by atoms with Gasteiger partial charge in [-0.2, -0.15) is 0 Å². The summed E-state index contributed by atoms with van der Waals surface area (Å²) in [5, 5.41) is 0. The molecule has 0 aromatic carbocycles. The number of esters is 1. The first kappa shape index (κ1) is 16.9. The molecule has 1 rings (SSSR count). The number of nitrogen functional groups attached to an aromatic ring is 1. The van der Waals surface area contributed by atoms with Crippen LogP contribution in [0.3, 0.4) is 0 Å². The Labute approximate surface area is 124 Å². The van der Waals surface area contributed by atoms with Crippen molar-refractivity contribution in [2.75, 3.05) is 39.6 Å². The van der Waals surface area contributed by atoms with Crippen molar-refractivity contribution in [1.82, 2.24) is 9.88 Å². The topological polar surface area (TPSA) is 94.8 Å². The quantitative estimate of drug-likeness (QED) is 0.741. The smallest absolute Gasteiger partial charge is 0.307 e. The molecule has 0 unspecified atom stereocenters. The average molecular weight is 295 g/mol. The van der Waals surface area contributed by atoms with Crippen molar-refractivity contribution in [3.8, 4) is 0 Å². The molecule has 0 aliphatic carbocycles. The maximum absolute atomic E-state index is 12.5. The van der Waals surface area contributed by atoms with Gasteiger partial charge in [-0.15, -0.1) is 0 Å². The lowest BCUT2D eigenvalue weighted by atomic mass is 10.1. The Kier molecular flexibility index (Phi) is 6.61. The lowest BCUT2D eigenvalue weighted by Crippen LogP contribution is -2.36. The highest BCUT2D eigenvalue weighted by Crippen LogP contribution is 2.13. The standard InChI is InChI=1S/C14H21N3O4/c1-10-12(8-11(15)9-16-10)14(19)17(6-7-20-2)5-4-13(18)21-3/h8-9H,4-7,15H2,1-3H3. The van der Waals surface area contributed by atoms with Crippen LogP contribution in [0.1, 0.15) is 22.5 Å². The van der Waals surface area contributed by atoms with Gasteiger partial charge in [0.2, 0.25) is 0 Å². The summed E-state index contributed by atoms with van der Waals surface area (Å²) in [4.78, 5) is 29.4. The SMILES string of the molecule is COCCN(CCC(=O)OC)C(=O)c1cc(N)cnc1C. The molecule has 7 heteroatoms. The highest BCUT2D eigenvalue weighted by Gasteiger charge is 2.19. The molecule has 0 atom stereocenters. The van der Waals surface area contributed by atoms with Gasteiger partial charge in [-0.25, -0.2) is 0 Å². The molecule has 2 N–H and O–H groups in total. The van der Waals surface area contributed by atoms with Crippen LogP contribution in [0.15, 0.2) is 12.3 Å². The third kappa shape index (κ3) is 5.03. The van der Waals surface area contributed by atoms with Crippen LogP contribution in [0, 0.1) is 6.92 Å². The van der Waals surface area contributed by atoms with Crippen LogP contribution in [0.5, 0.6) is 0 Å². The Morgan fingerprint density at radius 3 is 2.67 bits per heavy atom. The molecule has 0 radical (unpaired) electrons. The second-order valence-electron chi connectivity index (χ2n) is 4.51. The zero-order valence-electron chi connectivity index (χ0n) is 12.6. The van der Waals surface area contributed by atoms with E-state index in [0.29, 0.717) is 30.1 Å². The van der Waals surface area contributed by atoms with Gasteiger partial charge >= 0.3 is 5.97 Å². The summed E-state index contributed by atoms with van der Waals surface area (Å²) in [6.07, 6.45) is 1.63. The molecule has 0 fully saturated rings. The highest BCUT2D eigenvalue weighted by molar-refractivity contribution is 5.96. The molecule has 1 heterocycles. The third-order valence-corrected chi connectivity index (χ3v) is 3.00. The van der Waals surface area contributed by atoms with Crippen molar-refractivity contribution >= 4 is 17.6 Å². The van der Waals surface area contributed by atoms with Gasteiger partial charge in [-0.05, 0) is 13.0 Å². The monoisotopic (exact) mass is 295 g/mol. The molecular formula is C14H21N3O4. The predicted molar refractivity (Wildman–Crippen MR) is 77.8 cm³/mol. The number of anilines is 1. The van der Waals surface area contributed by atoms with E-state index in [2.05, 4.69) is 9.72 Å². The van der Waals surface area contributed by atoms with Gasteiger partial charge in [0.15, 0.2) is 0 Å². The summed E-state index contributed by atoms with van der Waals surface area (Å²) in [5.41, 5.74) is 7.12. The molecule has 1 aromatic heterocycles. The van der Waals surface area contributed by atoms with E-state index in [-0.39, 0.29) is 24.8 Å². The second-order valence-corrected chi connectivity index (χ2v) is 4.51. The first-order chi connectivity index (χ1) is 9.99. The first-order valence-corrected chi connectivity index (χ1v) is 6.56. The lowest BCUT2D eigenvalue weighted by molar-refractivity contribution is -0.140. The van der Waals surface area contributed by atoms with E-state index in [4.69, 9.17) is 10.5 Å². The number of pyridine rings is 1. The minimum Gasteiger partial charge on any atom is -0.469 e. The highest BCUT2D eigenvalue weighted by atomic mass is 16.5. The Balaban J connectivity index is 2.87. The van der Waals surface area contributed by atoms with Crippen LogP contribution >= 0.6 is 0 Å². The zero-order chi connectivity index (χ0) is 15.8. The molecule has 0 saturated carbocycles. The molecule has 0 bridgehead atoms. The largest absolute Gasteiger partial charge is 0.469 e. The zero-order valence-corrected chi connectivity index (χ0v) is 12.6. The number of nitrogens with two attached hydrogens (primary N) is 1. The number of amides is 1. The van der Waals surface area contributed by atoms with Crippen molar-refractivity contribution in [3.05, 3.63) is 23.5 Å². The molecule has 0 saturated heterocycles. The van der Waals surface area contributed by atoms with Gasteiger partial charge in [0, 0.05) is 20.2 Å². The van der Waals surface area contributed by atoms with Crippen LogP contribution in [-0.2, 0) is 14.3 Å². The summed E-state index contributed by atoms with van der Waals surface area (Å²) in [6.45, 7) is 2.74. The number of carbonyl (C=O) groups is 2. The molecular weight excluding hydrogens is 274 g/mol. The molecule has 1 amide bonds. The normalized spacial score (nSPS) is 10.2. The lowest BCUT2D eigenvalue weighted by Gasteiger charge is -2.22. The number of aromatic nitrogens is 1. The number of nitrogens with zero attached hydrogens (tertiary/aromatic N) is 2. The summed E-state index contributed by atoms with van der Waals surface area (Å²) in [5.74, 6) is -0.596. The predicted octanol–water partition coefficient (Wildman–Crippen LogP) is 0.624. The number of carbonyl (C=O) groups excluding carboxylic acids is 2. The number of aryl methyl sites for hydroxylation is 1. The van der Waals surface area contributed by atoms with Gasteiger partial charge in [0.05, 0.1) is 43.3 Å². The molecule has 21 heavy (non-hydrogen) atoms. The van der Waals surface area contributed by atoms with Crippen LogP contribution in [0.4, 0.5) is 5.69 Å². The van der Waals surface area contributed by atoms with E-state index in [9.17, 15) is 9.59 Å². The Morgan fingerprint density at radius 2 is 2.05 bits per heavy atom. The van der Waals surface area contributed by atoms with Crippen molar-refractivity contribution < 1.29 is 19.1 Å². The van der Waals surface area contributed by atoms with E-state index < -0.39 is 0 Å². The molecule has 0 spiro atoms. The molecule has 0 aliphatic heterocycles. The van der Waals surface area contributed by atoms with Crippen molar-refractivity contribution in [2.24, 2.45) is 0 Å². The van der Waals surface area contributed by atoms with Crippen LogP contribution in [0.25, 0.3) is 0 Å². The fourth-order valence-corrected chi connectivity index (χ4v) is 1.78. The second kappa shape index (κ2) is 8.21. The molecule has 116 valence electrons. The minimum absolute atomic E-state index is 0.126.